The quantitative estimate of drug-likeness (QED) is 0.495. The highest BCUT2D eigenvalue weighted by Crippen LogP contribution is 2.26. The zero-order chi connectivity index (χ0) is 24.3. The number of fused-ring (bicyclic) bond motifs is 1. The lowest BCUT2D eigenvalue weighted by Gasteiger charge is -2.33. The highest BCUT2D eigenvalue weighted by molar-refractivity contribution is 7.89. The van der Waals surface area contributed by atoms with Crippen LogP contribution in [0.15, 0.2) is 65.7 Å². The van der Waals surface area contributed by atoms with Crippen LogP contribution in [0.2, 0.25) is 0 Å². The van der Waals surface area contributed by atoms with E-state index in [1.807, 2.05) is 42.5 Å². The van der Waals surface area contributed by atoms with Crippen LogP contribution in [0.4, 0.5) is 0 Å². The molecular formula is C26H29N5O3S. The average Bonchev–Trinajstić information content (AvgIpc) is 3.34. The predicted octanol–water partition coefficient (Wildman–Crippen LogP) is 2.75. The number of hydrogen-bond acceptors (Lipinski definition) is 5. The van der Waals surface area contributed by atoms with Gasteiger partial charge in [-0.25, -0.2) is 13.1 Å². The fraction of sp³-hybridized carbons (Fsp3) is 0.346. The van der Waals surface area contributed by atoms with Gasteiger partial charge in [-0.2, -0.15) is 4.31 Å². The Kier molecular flexibility index (Phi) is 6.79. The molecule has 8 nitrogen and oxygen atoms in total. The van der Waals surface area contributed by atoms with Crippen molar-refractivity contribution in [2.75, 3.05) is 26.2 Å². The van der Waals surface area contributed by atoms with Crippen LogP contribution in [0.3, 0.4) is 0 Å². The number of sulfonamides is 1. The summed E-state index contributed by atoms with van der Waals surface area (Å²) < 4.78 is 29.6. The van der Waals surface area contributed by atoms with E-state index in [1.165, 1.54) is 15.9 Å². The first-order valence-corrected chi connectivity index (χ1v) is 13.5. The lowest BCUT2D eigenvalue weighted by atomic mass is 9.92. The number of hydrogen-bond donors (Lipinski definition) is 0. The standard InChI is InChI=1S/C26H29N5O3S/c32-26(13-11-24-20-30(28-27-24)19-21-6-2-1-3-7-21)29-14-16-31(17-15-29)35(33,34)25-12-10-22-8-4-5-9-23(22)18-25/h1-3,6-7,10-13,18,20H,4-5,8-9,14-17,19H2. The van der Waals surface area contributed by atoms with Crippen LogP contribution < -0.4 is 0 Å². The second-order valence-corrected chi connectivity index (χ2v) is 11.0. The average molecular weight is 492 g/mol. The Morgan fingerprint density at radius 2 is 1.69 bits per heavy atom. The molecule has 1 fully saturated rings. The maximum Gasteiger partial charge on any atom is 0.246 e. The first kappa shape index (κ1) is 23.4. The number of aromatic nitrogens is 3. The summed E-state index contributed by atoms with van der Waals surface area (Å²) in [5, 5.41) is 8.22. The molecule has 35 heavy (non-hydrogen) atoms. The molecule has 0 N–H and O–H groups in total. The van der Waals surface area contributed by atoms with Crippen molar-refractivity contribution >= 4 is 22.0 Å². The van der Waals surface area contributed by atoms with E-state index in [4.69, 9.17) is 0 Å². The molecule has 1 saturated heterocycles. The minimum Gasteiger partial charge on any atom is -0.337 e. The molecule has 1 aliphatic heterocycles. The van der Waals surface area contributed by atoms with Crippen molar-refractivity contribution in [1.29, 1.82) is 0 Å². The van der Waals surface area contributed by atoms with Crippen molar-refractivity contribution < 1.29 is 13.2 Å². The molecule has 1 aliphatic carbocycles. The van der Waals surface area contributed by atoms with E-state index in [0.717, 1.165) is 36.8 Å². The van der Waals surface area contributed by atoms with Crippen molar-refractivity contribution in [3.05, 3.63) is 83.2 Å². The fourth-order valence-corrected chi connectivity index (χ4v) is 6.14. The number of piperazine rings is 1. The van der Waals surface area contributed by atoms with Crippen molar-refractivity contribution in [3.63, 3.8) is 0 Å². The second-order valence-electron chi connectivity index (χ2n) is 9.03. The monoisotopic (exact) mass is 491 g/mol. The van der Waals surface area contributed by atoms with Crippen molar-refractivity contribution in [2.24, 2.45) is 0 Å². The van der Waals surface area contributed by atoms with E-state index in [9.17, 15) is 13.2 Å². The van der Waals surface area contributed by atoms with E-state index in [2.05, 4.69) is 10.3 Å². The molecule has 2 heterocycles. The lowest BCUT2D eigenvalue weighted by Crippen LogP contribution is -2.50. The number of benzene rings is 2. The summed E-state index contributed by atoms with van der Waals surface area (Å²) in [5.41, 5.74) is 4.13. The molecule has 0 spiro atoms. The predicted molar refractivity (Wildman–Crippen MR) is 133 cm³/mol. The third-order valence-corrected chi connectivity index (χ3v) is 8.54. The summed E-state index contributed by atoms with van der Waals surface area (Å²) in [6.07, 6.45) is 9.14. The van der Waals surface area contributed by atoms with Crippen LogP contribution in [0.25, 0.3) is 6.08 Å². The Morgan fingerprint density at radius 3 is 2.46 bits per heavy atom. The zero-order valence-corrected chi connectivity index (χ0v) is 20.4. The van der Waals surface area contributed by atoms with Gasteiger partial charge in [0.2, 0.25) is 15.9 Å². The van der Waals surface area contributed by atoms with Crippen LogP contribution in [0, 0.1) is 0 Å². The van der Waals surface area contributed by atoms with Gasteiger partial charge in [-0.05, 0) is 60.6 Å². The van der Waals surface area contributed by atoms with E-state index < -0.39 is 10.0 Å². The summed E-state index contributed by atoms with van der Waals surface area (Å²) in [5.74, 6) is -0.159. The van der Waals surface area contributed by atoms with Gasteiger partial charge < -0.3 is 4.90 Å². The molecule has 0 atom stereocenters. The van der Waals surface area contributed by atoms with Crippen molar-refractivity contribution in [1.82, 2.24) is 24.2 Å². The first-order chi connectivity index (χ1) is 17.0. The molecular weight excluding hydrogens is 462 g/mol. The fourth-order valence-electron chi connectivity index (χ4n) is 4.67. The lowest BCUT2D eigenvalue weighted by molar-refractivity contribution is -0.127. The first-order valence-electron chi connectivity index (χ1n) is 12.0. The summed E-state index contributed by atoms with van der Waals surface area (Å²) in [6, 6.07) is 15.5. The minimum absolute atomic E-state index is 0.159. The maximum atomic E-state index is 13.2. The molecule has 1 aromatic heterocycles. The van der Waals surface area contributed by atoms with E-state index in [0.29, 0.717) is 30.2 Å². The molecule has 5 rings (SSSR count). The SMILES string of the molecule is O=C(C=Cc1cn(Cc2ccccc2)nn1)N1CCN(S(=O)(=O)c2ccc3c(c2)CCCC3)CC1. The molecule has 3 aromatic rings. The van der Waals surface area contributed by atoms with Crippen molar-refractivity contribution in [2.45, 2.75) is 37.1 Å². The summed E-state index contributed by atoms with van der Waals surface area (Å²) in [6.45, 7) is 1.89. The van der Waals surface area contributed by atoms with Gasteiger partial charge in [0.25, 0.3) is 0 Å². The largest absolute Gasteiger partial charge is 0.337 e. The van der Waals surface area contributed by atoms with E-state index >= 15 is 0 Å². The highest BCUT2D eigenvalue weighted by Gasteiger charge is 2.30. The zero-order valence-electron chi connectivity index (χ0n) is 19.6. The molecule has 9 heteroatoms. The Hall–Kier alpha value is -3.30. The van der Waals surface area contributed by atoms with Crippen LogP contribution in [0.1, 0.15) is 35.2 Å². The van der Waals surface area contributed by atoms with Crippen LogP contribution in [0.5, 0.6) is 0 Å². The number of carbonyl (C=O) groups excluding carboxylic acids is 1. The maximum absolute atomic E-state index is 13.2. The number of aryl methyl sites for hydroxylation is 2. The van der Waals surface area contributed by atoms with Gasteiger partial charge in [0.05, 0.1) is 17.6 Å². The summed E-state index contributed by atoms with van der Waals surface area (Å²) in [7, 11) is -3.57. The van der Waals surface area contributed by atoms with Crippen LogP contribution in [-0.2, 0) is 34.2 Å². The minimum atomic E-state index is -3.57. The van der Waals surface area contributed by atoms with Gasteiger partial charge in [0.1, 0.15) is 5.69 Å². The Bertz CT molecular complexity index is 1330. The number of amides is 1. The smallest absolute Gasteiger partial charge is 0.246 e. The Morgan fingerprint density at radius 1 is 0.943 bits per heavy atom. The molecule has 182 valence electrons. The van der Waals surface area contributed by atoms with Crippen LogP contribution in [-0.4, -0.2) is 64.7 Å². The number of nitrogens with zero attached hydrogens (tertiary/aromatic N) is 5. The van der Waals surface area contributed by atoms with Gasteiger partial charge >= 0.3 is 0 Å². The van der Waals surface area contributed by atoms with E-state index in [-0.39, 0.29) is 19.0 Å². The third kappa shape index (κ3) is 5.36. The van der Waals surface area contributed by atoms with Gasteiger partial charge in [-0.15, -0.1) is 5.10 Å². The summed E-state index contributed by atoms with van der Waals surface area (Å²) in [4.78, 5) is 14.7. The molecule has 0 bridgehead atoms. The van der Waals surface area contributed by atoms with Gasteiger partial charge in [-0.1, -0.05) is 41.6 Å². The molecule has 0 unspecified atom stereocenters. The second kappa shape index (κ2) is 10.1. The highest BCUT2D eigenvalue weighted by atomic mass is 32.2. The van der Waals surface area contributed by atoms with Crippen LogP contribution >= 0.6 is 0 Å². The Labute approximate surface area is 205 Å². The van der Waals surface area contributed by atoms with E-state index in [1.54, 1.807) is 27.9 Å². The van der Waals surface area contributed by atoms with Gasteiger partial charge in [-0.3, -0.25) is 4.79 Å². The Balaban J connectivity index is 1.17. The molecule has 0 radical (unpaired) electrons. The molecule has 0 saturated carbocycles. The number of carbonyl (C=O) groups is 1. The normalized spacial score (nSPS) is 17.0. The number of rotatable bonds is 6. The summed E-state index contributed by atoms with van der Waals surface area (Å²) >= 11 is 0. The third-order valence-electron chi connectivity index (χ3n) is 6.65. The van der Waals surface area contributed by atoms with Crippen molar-refractivity contribution in [3.8, 4) is 0 Å². The van der Waals surface area contributed by atoms with Gasteiger partial charge in [0.15, 0.2) is 0 Å². The topological polar surface area (TPSA) is 88.4 Å². The molecule has 1 amide bonds. The molecule has 2 aromatic carbocycles. The molecule has 2 aliphatic rings. The van der Waals surface area contributed by atoms with Gasteiger partial charge in [0, 0.05) is 32.3 Å².